The molecule has 1 aliphatic carbocycles. The molecule has 0 spiro atoms. The molecule has 5 heterocycles. The van der Waals surface area contributed by atoms with Crippen LogP contribution >= 0.6 is 0 Å². The molecule has 6 rings (SSSR count). The third-order valence-electron chi connectivity index (χ3n) is 7.57. The van der Waals surface area contributed by atoms with Gasteiger partial charge in [0.2, 0.25) is 11.9 Å². The van der Waals surface area contributed by atoms with Gasteiger partial charge in [0.15, 0.2) is 11.5 Å². The molecule has 0 aromatic carbocycles. The number of rotatable bonds is 5. The fourth-order valence-electron chi connectivity index (χ4n) is 5.62. The Morgan fingerprint density at radius 3 is 2.38 bits per heavy atom. The molecule has 10 heteroatoms. The summed E-state index contributed by atoms with van der Waals surface area (Å²) in [4.78, 5) is 40.0. The molecule has 10 nitrogen and oxygen atoms in total. The fraction of sp³-hybridized carbons (Fsp3) is 0.407. The van der Waals surface area contributed by atoms with Gasteiger partial charge in [-0.3, -0.25) is 14.7 Å². The van der Waals surface area contributed by atoms with Crippen LogP contribution in [-0.2, 0) is 11.3 Å². The van der Waals surface area contributed by atoms with Gasteiger partial charge in [-0.2, -0.15) is 0 Å². The van der Waals surface area contributed by atoms with Crippen molar-refractivity contribution in [3.05, 3.63) is 60.7 Å². The van der Waals surface area contributed by atoms with Gasteiger partial charge in [0, 0.05) is 75.0 Å². The van der Waals surface area contributed by atoms with E-state index in [0.717, 1.165) is 86.7 Å². The lowest BCUT2D eigenvalue weighted by Crippen LogP contribution is -2.50. The summed E-state index contributed by atoms with van der Waals surface area (Å²) in [6.07, 6.45) is 10.8. The minimum atomic E-state index is 0.0781. The Kier molecular flexibility index (Phi) is 6.48. The third kappa shape index (κ3) is 4.89. The predicted octanol–water partition coefficient (Wildman–Crippen LogP) is 2.94. The molecule has 4 aromatic heterocycles. The third-order valence-corrected chi connectivity index (χ3v) is 7.57. The number of hydrogen-bond acceptors (Lipinski definition) is 8. The molecule has 2 N–H and O–H groups in total. The molecule has 0 atom stereocenters. The van der Waals surface area contributed by atoms with Gasteiger partial charge in [0.05, 0.1) is 0 Å². The number of amides is 1. The number of fused-ring (bicyclic) bond motifs is 1. The number of nitrogen functional groups attached to an aromatic ring is 1. The Hall–Kier alpha value is -3.92. The highest BCUT2D eigenvalue weighted by molar-refractivity contribution is 5.79. The second-order valence-electron chi connectivity index (χ2n) is 9.92. The second kappa shape index (κ2) is 10.2. The standard InChI is InChI=1S/C27H31N9O/c28-27-31-16-19(17-32-27)18-34-12-14-35(15-13-34)26(37)20-6-8-21(9-7-20)36-24-23(5-3-11-30-24)33-25(36)22-4-1-2-10-29-22/h1-5,10-11,16-17,20-21H,6-9,12-15,18H2,(H2,28,31,32). The van der Waals surface area contributed by atoms with Crippen LogP contribution < -0.4 is 5.73 Å². The molecule has 1 saturated heterocycles. The van der Waals surface area contributed by atoms with Crippen molar-refractivity contribution in [2.24, 2.45) is 5.92 Å². The van der Waals surface area contributed by atoms with Crippen LogP contribution in [0.25, 0.3) is 22.7 Å². The highest BCUT2D eigenvalue weighted by Gasteiger charge is 2.33. The highest BCUT2D eigenvalue weighted by Crippen LogP contribution is 2.37. The van der Waals surface area contributed by atoms with Crippen molar-refractivity contribution in [3.8, 4) is 11.5 Å². The van der Waals surface area contributed by atoms with Crippen LogP contribution in [0.5, 0.6) is 0 Å². The Balaban J connectivity index is 1.09. The van der Waals surface area contributed by atoms with E-state index in [2.05, 4.69) is 34.3 Å². The summed E-state index contributed by atoms with van der Waals surface area (Å²) < 4.78 is 2.25. The van der Waals surface area contributed by atoms with Crippen LogP contribution in [0.4, 0.5) is 5.95 Å². The SMILES string of the molecule is Nc1ncc(CN2CCN(C(=O)C3CCC(n4c(-c5ccccn5)nc5cccnc54)CC3)CC2)cn1. The van der Waals surface area contributed by atoms with Crippen LogP contribution in [0.15, 0.2) is 55.1 Å². The average molecular weight is 498 g/mol. The van der Waals surface area contributed by atoms with Crippen molar-refractivity contribution < 1.29 is 4.79 Å². The van der Waals surface area contributed by atoms with Crippen molar-refractivity contribution >= 4 is 23.0 Å². The summed E-state index contributed by atoms with van der Waals surface area (Å²) in [5, 5.41) is 0. The number of piperazine rings is 1. The molecule has 1 saturated carbocycles. The van der Waals surface area contributed by atoms with Crippen molar-refractivity contribution in [1.82, 2.24) is 39.3 Å². The molecule has 37 heavy (non-hydrogen) atoms. The molecule has 2 fully saturated rings. The van der Waals surface area contributed by atoms with E-state index in [0.29, 0.717) is 11.9 Å². The Bertz CT molecular complexity index is 1360. The van der Waals surface area contributed by atoms with Gasteiger partial charge >= 0.3 is 0 Å². The number of hydrogen-bond donors (Lipinski definition) is 1. The first-order valence-electron chi connectivity index (χ1n) is 13.0. The lowest BCUT2D eigenvalue weighted by Gasteiger charge is -2.38. The lowest BCUT2D eigenvalue weighted by atomic mass is 9.84. The van der Waals surface area contributed by atoms with E-state index in [4.69, 9.17) is 10.7 Å². The van der Waals surface area contributed by atoms with Gasteiger partial charge in [-0.05, 0) is 49.9 Å². The van der Waals surface area contributed by atoms with Gasteiger partial charge < -0.3 is 15.2 Å². The first-order valence-corrected chi connectivity index (χ1v) is 13.0. The molecule has 190 valence electrons. The summed E-state index contributed by atoms with van der Waals surface area (Å²) >= 11 is 0. The number of imidazole rings is 1. The van der Waals surface area contributed by atoms with Crippen LogP contribution in [-0.4, -0.2) is 71.4 Å². The van der Waals surface area contributed by atoms with Gasteiger partial charge in [0.25, 0.3) is 0 Å². The summed E-state index contributed by atoms with van der Waals surface area (Å²) in [7, 11) is 0. The van der Waals surface area contributed by atoms with E-state index in [1.807, 2.05) is 36.5 Å². The van der Waals surface area contributed by atoms with Crippen LogP contribution in [0.1, 0.15) is 37.3 Å². The molecule has 2 aliphatic rings. The second-order valence-corrected chi connectivity index (χ2v) is 9.92. The maximum absolute atomic E-state index is 13.4. The zero-order chi connectivity index (χ0) is 25.2. The number of nitrogens with two attached hydrogens (primary N) is 1. The molecule has 0 bridgehead atoms. The van der Waals surface area contributed by atoms with Crippen molar-refractivity contribution in [1.29, 1.82) is 0 Å². The quantitative estimate of drug-likeness (QED) is 0.447. The highest BCUT2D eigenvalue weighted by atomic mass is 16.2. The first kappa shape index (κ1) is 23.5. The number of anilines is 1. The Morgan fingerprint density at radius 2 is 1.65 bits per heavy atom. The van der Waals surface area contributed by atoms with E-state index < -0.39 is 0 Å². The first-order chi connectivity index (χ1) is 18.2. The normalized spacial score (nSPS) is 20.8. The van der Waals surface area contributed by atoms with Crippen molar-refractivity contribution in [2.45, 2.75) is 38.3 Å². The molecule has 4 aromatic rings. The van der Waals surface area contributed by atoms with E-state index in [1.54, 1.807) is 18.6 Å². The number of pyridine rings is 2. The zero-order valence-electron chi connectivity index (χ0n) is 20.8. The average Bonchev–Trinajstić information content (AvgIpc) is 3.35. The van der Waals surface area contributed by atoms with Gasteiger partial charge in [0.1, 0.15) is 11.2 Å². The zero-order valence-corrected chi connectivity index (χ0v) is 20.8. The van der Waals surface area contributed by atoms with Gasteiger partial charge in [-0.25, -0.2) is 19.9 Å². The van der Waals surface area contributed by atoms with Crippen molar-refractivity contribution in [3.63, 3.8) is 0 Å². The summed E-state index contributed by atoms with van der Waals surface area (Å²) in [6, 6.07) is 10.1. The van der Waals surface area contributed by atoms with Gasteiger partial charge in [-0.1, -0.05) is 6.07 Å². The Morgan fingerprint density at radius 1 is 0.892 bits per heavy atom. The molecular weight excluding hydrogens is 466 g/mol. The minimum absolute atomic E-state index is 0.0781. The van der Waals surface area contributed by atoms with Crippen LogP contribution in [0, 0.1) is 5.92 Å². The van der Waals surface area contributed by atoms with E-state index in [-0.39, 0.29) is 12.0 Å². The fourth-order valence-corrected chi connectivity index (χ4v) is 5.62. The molecule has 1 amide bonds. The van der Waals surface area contributed by atoms with Crippen LogP contribution in [0.2, 0.25) is 0 Å². The smallest absolute Gasteiger partial charge is 0.225 e. The molecule has 0 radical (unpaired) electrons. The molecule has 1 aliphatic heterocycles. The van der Waals surface area contributed by atoms with Crippen molar-refractivity contribution in [2.75, 3.05) is 31.9 Å². The van der Waals surface area contributed by atoms with E-state index in [9.17, 15) is 4.79 Å². The monoisotopic (exact) mass is 497 g/mol. The topological polar surface area (TPSA) is 119 Å². The van der Waals surface area contributed by atoms with E-state index >= 15 is 0 Å². The molecule has 0 unspecified atom stereocenters. The predicted molar refractivity (Wildman–Crippen MR) is 140 cm³/mol. The van der Waals surface area contributed by atoms with Crippen LogP contribution in [0.3, 0.4) is 0 Å². The summed E-state index contributed by atoms with van der Waals surface area (Å²) in [5.41, 5.74) is 9.24. The maximum atomic E-state index is 13.4. The summed E-state index contributed by atoms with van der Waals surface area (Å²) in [6.45, 7) is 4.00. The van der Waals surface area contributed by atoms with E-state index in [1.165, 1.54) is 0 Å². The molecular formula is C27H31N9O. The number of carbonyl (C=O) groups is 1. The minimum Gasteiger partial charge on any atom is -0.368 e. The Labute approximate surface area is 215 Å². The largest absolute Gasteiger partial charge is 0.368 e. The number of carbonyl (C=O) groups excluding carboxylic acids is 1. The lowest BCUT2D eigenvalue weighted by molar-refractivity contribution is -0.138. The number of aromatic nitrogens is 6. The summed E-state index contributed by atoms with van der Waals surface area (Å²) in [5.74, 6) is 1.52. The van der Waals surface area contributed by atoms with Gasteiger partial charge in [-0.15, -0.1) is 0 Å². The number of nitrogens with zero attached hydrogens (tertiary/aromatic N) is 8. The maximum Gasteiger partial charge on any atom is 0.225 e.